The normalized spacial score (nSPS) is 15.9. The van der Waals surface area contributed by atoms with E-state index in [2.05, 4.69) is 42.2 Å². The molecule has 1 heterocycles. The molecule has 1 fully saturated rings. The first-order valence-electron chi connectivity index (χ1n) is 7.55. The Morgan fingerprint density at radius 3 is 2.65 bits per heavy atom. The molecular weight excluding hydrogens is 246 g/mol. The van der Waals surface area contributed by atoms with Gasteiger partial charge in [-0.05, 0) is 42.9 Å². The molecule has 0 bridgehead atoms. The monoisotopic (exact) mass is 269 g/mol. The number of nitrogens with one attached hydrogen (secondary N) is 1. The Morgan fingerprint density at radius 1 is 1.20 bits per heavy atom. The lowest BCUT2D eigenvalue weighted by Gasteiger charge is -2.11. The molecule has 0 saturated heterocycles. The van der Waals surface area contributed by atoms with Crippen LogP contribution in [0.4, 0.5) is 5.82 Å². The van der Waals surface area contributed by atoms with E-state index in [0.29, 0.717) is 5.82 Å². The summed E-state index contributed by atoms with van der Waals surface area (Å²) >= 11 is 0. The number of anilines is 1. The molecule has 1 aromatic heterocycles. The molecule has 0 atom stereocenters. The van der Waals surface area contributed by atoms with Crippen LogP contribution >= 0.6 is 0 Å². The van der Waals surface area contributed by atoms with Gasteiger partial charge >= 0.3 is 0 Å². The SMILES string of the molecule is Cc1ccc(-c2c(N)n[nH]c2CC2CCCC2)cc1C. The molecule has 1 saturated carbocycles. The number of nitrogen functional groups attached to an aromatic ring is 1. The smallest absolute Gasteiger partial charge is 0.153 e. The molecule has 0 aliphatic heterocycles. The third kappa shape index (κ3) is 2.45. The van der Waals surface area contributed by atoms with Crippen LogP contribution in [0.2, 0.25) is 0 Å². The average Bonchev–Trinajstić information content (AvgIpc) is 3.04. The maximum Gasteiger partial charge on any atom is 0.153 e. The highest BCUT2D eigenvalue weighted by Crippen LogP contribution is 2.34. The van der Waals surface area contributed by atoms with E-state index in [1.807, 2.05) is 0 Å². The fraction of sp³-hybridized carbons (Fsp3) is 0.471. The predicted octanol–water partition coefficient (Wildman–Crippen LogP) is 4.01. The summed E-state index contributed by atoms with van der Waals surface area (Å²) in [5.74, 6) is 1.42. The second-order valence-corrected chi connectivity index (χ2v) is 6.12. The minimum atomic E-state index is 0.626. The standard InChI is InChI=1S/C17H23N3/c1-11-7-8-14(9-12(11)2)16-15(19-20-17(16)18)10-13-5-3-4-6-13/h7-9,13H,3-6,10H2,1-2H3,(H3,18,19,20). The van der Waals surface area contributed by atoms with Crippen molar-refractivity contribution in [1.29, 1.82) is 0 Å². The Bertz CT molecular complexity index is 607. The first kappa shape index (κ1) is 13.2. The lowest BCUT2D eigenvalue weighted by atomic mass is 9.95. The average molecular weight is 269 g/mol. The summed E-state index contributed by atoms with van der Waals surface area (Å²) in [5.41, 5.74) is 12.2. The number of aromatic nitrogens is 2. The molecule has 1 aliphatic carbocycles. The highest BCUT2D eigenvalue weighted by Gasteiger charge is 2.20. The number of benzene rings is 1. The Kier molecular flexibility index (Phi) is 3.51. The molecule has 0 amide bonds. The fourth-order valence-electron chi connectivity index (χ4n) is 3.26. The molecule has 0 spiro atoms. The topological polar surface area (TPSA) is 54.7 Å². The quantitative estimate of drug-likeness (QED) is 0.884. The van der Waals surface area contributed by atoms with Crippen molar-refractivity contribution in [3.8, 4) is 11.1 Å². The molecule has 3 N–H and O–H groups in total. The van der Waals surface area contributed by atoms with Gasteiger partial charge in [-0.2, -0.15) is 5.10 Å². The van der Waals surface area contributed by atoms with Gasteiger partial charge in [-0.3, -0.25) is 5.10 Å². The first-order valence-corrected chi connectivity index (χ1v) is 7.55. The third-order valence-electron chi connectivity index (χ3n) is 4.63. The van der Waals surface area contributed by atoms with E-state index in [-0.39, 0.29) is 0 Å². The van der Waals surface area contributed by atoms with Gasteiger partial charge in [0.15, 0.2) is 5.82 Å². The minimum Gasteiger partial charge on any atom is -0.382 e. The largest absolute Gasteiger partial charge is 0.382 e. The van der Waals surface area contributed by atoms with Crippen LogP contribution in [0.1, 0.15) is 42.5 Å². The molecule has 1 aromatic carbocycles. The van der Waals surface area contributed by atoms with Crippen molar-refractivity contribution < 1.29 is 0 Å². The van der Waals surface area contributed by atoms with E-state index >= 15 is 0 Å². The lowest BCUT2D eigenvalue weighted by molar-refractivity contribution is 0.539. The van der Waals surface area contributed by atoms with E-state index in [0.717, 1.165) is 17.9 Å². The third-order valence-corrected chi connectivity index (χ3v) is 4.63. The van der Waals surface area contributed by atoms with Crippen LogP contribution in [0.3, 0.4) is 0 Å². The summed E-state index contributed by atoms with van der Waals surface area (Å²) < 4.78 is 0. The second-order valence-electron chi connectivity index (χ2n) is 6.12. The first-order chi connectivity index (χ1) is 9.65. The maximum absolute atomic E-state index is 6.09. The van der Waals surface area contributed by atoms with Gasteiger partial charge in [0.2, 0.25) is 0 Å². The molecule has 0 radical (unpaired) electrons. The molecule has 106 valence electrons. The van der Waals surface area contributed by atoms with Gasteiger partial charge in [0.05, 0.1) is 0 Å². The number of aryl methyl sites for hydroxylation is 2. The minimum absolute atomic E-state index is 0.626. The Hall–Kier alpha value is -1.77. The molecule has 3 rings (SSSR count). The van der Waals surface area contributed by atoms with Gasteiger partial charge in [0.25, 0.3) is 0 Å². The van der Waals surface area contributed by atoms with Crippen molar-refractivity contribution in [3.63, 3.8) is 0 Å². The molecule has 2 aromatic rings. The van der Waals surface area contributed by atoms with Crippen molar-refractivity contribution >= 4 is 5.82 Å². The molecule has 3 nitrogen and oxygen atoms in total. The van der Waals surface area contributed by atoms with E-state index in [4.69, 9.17) is 5.73 Å². The van der Waals surface area contributed by atoms with Crippen LogP contribution in [0, 0.1) is 19.8 Å². The van der Waals surface area contributed by atoms with Crippen molar-refractivity contribution in [2.45, 2.75) is 46.0 Å². The zero-order chi connectivity index (χ0) is 14.1. The number of rotatable bonds is 3. The van der Waals surface area contributed by atoms with Crippen LogP contribution in [0.25, 0.3) is 11.1 Å². The zero-order valence-corrected chi connectivity index (χ0v) is 12.4. The molecule has 20 heavy (non-hydrogen) atoms. The van der Waals surface area contributed by atoms with Gasteiger partial charge in [-0.25, -0.2) is 0 Å². The van der Waals surface area contributed by atoms with Crippen molar-refractivity contribution in [1.82, 2.24) is 10.2 Å². The summed E-state index contributed by atoms with van der Waals surface area (Å²) in [6.45, 7) is 4.28. The van der Waals surface area contributed by atoms with Gasteiger partial charge < -0.3 is 5.73 Å². The number of aromatic amines is 1. The van der Waals surface area contributed by atoms with E-state index < -0.39 is 0 Å². The predicted molar refractivity (Wildman–Crippen MR) is 83.6 cm³/mol. The summed E-state index contributed by atoms with van der Waals surface area (Å²) in [5, 5.41) is 7.40. The van der Waals surface area contributed by atoms with Gasteiger partial charge in [0.1, 0.15) is 0 Å². The number of nitrogens with two attached hydrogens (primary N) is 1. The summed E-state index contributed by atoms with van der Waals surface area (Å²) in [4.78, 5) is 0. The molecule has 0 unspecified atom stereocenters. The Labute approximate surface area is 120 Å². The Morgan fingerprint density at radius 2 is 1.95 bits per heavy atom. The van der Waals surface area contributed by atoms with Crippen LogP contribution in [0.15, 0.2) is 18.2 Å². The van der Waals surface area contributed by atoms with Crippen LogP contribution < -0.4 is 5.73 Å². The maximum atomic E-state index is 6.09. The van der Waals surface area contributed by atoms with Gasteiger partial charge in [-0.15, -0.1) is 0 Å². The summed E-state index contributed by atoms with van der Waals surface area (Å²) in [7, 11) is 0. The summed E-state index contributed by atoms with van der Waals surface area (Å²) in [6.07, 6.45) is 6.49. The molecule has 1 aliphatic rings. The number of nitrogens with zero attached hydrogens (tertiary/aromatic N) is 1. The summed E-state index contributed by atoms with van der Waals surface area (Å²) in [6, 6.07) is 6.53. The second kappa shape index (κ2) is 5.31. The van der Waals surface area contributed by atoms with E-state index in [1.165, 1.54) is 48.1 Å². The molecule has 3 heteroatoms. The van der Waals surface area contributed by atoms with Crippen LogP contribution in [0.5, 0.6) is 0 Å². The highest BCUT2D eigenvalue weighted by atomic mass is 15.2. The van der Waals surface area contributed by atoms with Gasteiger partial charge in [0, 0.05) is 11.3 Å². The van der Waals surface area contributed by atoms with E-state index in [1.54, 1.807) is 0 Å². The number of H-pyrrole nitrogens is 1. The van der Waals surface area contributed by atoms with Crippen molar-refractivity contribution in [3.05, 3.63) is 35.0 Å². The Balaban J connectivity index is 1.95. The number of hydrogen-bond acceptors (Lipinski definition) is 2. The zero-order valence-electron chi connectivity index (χ0n) is 12.4. The van der Waals surface area contributed by atoms with Crippen molar-refractivity contribution in [2.24, 2.45) is 5.92 Å². The highest BCUT2D eigenvalue weighted by molar-refractivity contribution is 5.76. The fourth-order valence-corrected chi connectivity index (χ4v) is 3.26. The lowest BCUT2D eigenvalue weighted by Crippen LogP contribution is -2.01. The van der Waals surface area contributed by atoms with Crippen molar-refractivity contribution in [2.75, 3.05) is 5.73 Å². The molecular formula is C17H23N3. The van der Waals surface area contributed by atoms with Crippen LogP contribution in [-0.2, 0) is 6.42 Å². The van der Waals surface area contributed by atoms with Gasteiger partial charge in [-0.1, -0.05) is 43.9 Å². The van der Waals surface area contributed by atoms with E-state index in [9.17, 15) is 0 Å². The van der Waals surface area contributed by atoms with Crippen LogP contribution in [-0.4, -0.2) is 10.2 Å². The number of hydrogen-bond donors (Lipinski definition) is 2.